The first-order valence-electron chi connectivity index (χ1n) is 8.61. The maximum Gasteiger partial charge on any atom is 0.328 e. The smallest absolute Gasteiger partial charge is 0.328 e. The number of amides is 3. The minimum atomic E-state index is -1.45. The summed E-state index contributed by atoms with van der Waals surface area (Å²) in [7, 11) is 0. The molecule has 0 spiro atoms. The van der Waals surface area contributed by atoms with Crippen LogP contribution in [0.3, 0.4) is 0 Å². The number of hydrogen-bond donors (Lipinski definition) is 5. The van der Waals surface area contributed by atoms with Crippen LogP contribution < -0.4 is 16.0 Å². The highest BCUT2D eigenvalue weighted by molar-refractivity contribution is 5.91. The fraction of sp³-hybridized carbons (Fsp3) is 0.444. The van der Waals surface area contributed by atoms with E-state index in [2.05, 4.69) is 16.0 Å². The highest BCUT2D eigenvalue weighted by atomic mass is 16.4. The van der Waals surface area contributed by atoms with Crippen LogP contribution in [-0.2, 0) is 25.6 Å². The second kappa shape index (κ2) is 11.6. The molecule has 5 N–H and O–H groups in total. The maximum absolute atomic E-state index is 12.4. The van der Waals surface area contributed by atoms with Crippen LogP contribution in [0.1, 0.15) is 25.3 Å². The van der Waals surface area contributed by atoms with E-state index in [-0.39, 0.29) is 18.7 Å². The van der Waals surface area contributed by atoms with Crippen LogP contribution >= 0.6 is 0 Å². The summed E-state index contributed by atoms with van der Waals surface area (Å²) >= 11 is 0. The van der Waals surface area contributed by atoms with Crippen molar-refractivity contribution in [2.24, 2.45) is 0 Å². The third-order valence-corrected chi connectivity index (χ3v) is 3.65. The van der Waals surface area contributed by atoms with Crippen molar-refractivity contribution in [2.75, 3.05) is 13.2 Å². The van der Waals surface area contributed by atoms with Gasteiger partial charge < -0.3 is 26.2 Å². The minimum absolute atomic E-state index is 0.248. The lowest BCUT2D eigenvalue weighted by Gasteiger charge is -2.19. The van der Waals surface area contributed by atoms with Crippen LogP contribution in [0.25, 0.3) is 0 Å². The molecule has 3 amide bonds. The van der Waals surface area contributed by atoms with Crippen LogP contribution in [0.2, 0.25) is 0 Å². The summed E-state index contributed by atoms with van der Waals surface area (Å²) in [5.41, 5.74) is 0.838. The number of carbonyl (C=O) groups is 4. The molecule has 9 nitrogen and oxygen atoms in total. The molecule has 1 aromatic carbocycles. The van der Waals surface area contributed by atoms with E-state index in [0.29, 0.717) is 6.42 Å². The number of aliphatic hydroxyl groups is 1. The molecule has 0 aliphatic carbocycles. The molecule has 0 aromatic heterocycles. The SMILES string of the molecule is CCCC(=O)N[C@@H](Cc1ccccc1)C(=O)NCC(=O)N[C@@H](CO)C(=O)O. The van der Waals surface area contributed by atoms with Crippen molar-refractivity contribution in [2.45, 2.75) is 38.3 Å². The molecule has 0 aliphatic rings. The number of hydrogen-bond acceptors (Lipinski definition) is 5. The summed E-state index contributed by atoms with van der Waals surface area (Å²) in [6, 6.07) is 6.78. The number of carboxylic acids is 1. The van der Waals surface area contributed by atoms with E-state index >= 15 is 0 Å². The fourth-order valence-electron chi connectivity index (χ4n) is 2.27. The second-order valence-electron chi connectivity index (χ2n) is 5.92. The van der Waals surface area contributed by atoms with Crippen LogP contribution in [0.15, 0.2) is 30.3 Å². The molecular weight excluding hydrogens is 354 g/mol. The minimum Gasteiger partial charge on any atom is -0.480 e. The van der Waals surface area contributed by atoms with E-state index in [1.807, 2.05) is 37.3 Å². The van der Waals surface area contributed by atoms with Gasteiger partial charge in [-0.05, 0) is 12.0 Å². The third-order valence-electron chi connectivity index (χ3n) is 3.65. The lowest BCUT2D eigenvalue weighted by Crippen LogP contribution is -2.52. The summed E-state index contributed by atoms with van der Waals surface area (Å²) in [5, 5.41) is 24.8. The monoisotopic (exact) mass is 379 g/mol. The van der Waals surface area contributed by atoms with Gasteiger partial charge in [-0.25, -0.2) is 4.79 Å². The van der Waals surface area contributed by atoms with E-state index in [9.17, 15) is 19.2 Å². The van der Waals surface area contributed by atoms with Crippen molar-refractivity contribution in [3.63, 3.8) is 0 Å². The Morgan fingerprint density at radius 2 is 1.63 bits per heavy atom. The van der Waals surface area contributed by atoms with Gasteiger partial charge in [-0.15, -0.1) is 0 Å². The van der Waals surface area contributed by atoms with Crippen LogP contribution in [-0.4, -0.2) is 59.1 Å². The Labute approximate surface area is 157 Å². The zero-order chi connectivity index (χ0) is 20.2. The van der Waals surface area contributed by atoms with E-state index in [4.69, 9.17) is 10.2 Å². The van der Waals surface area contributed by atoms with Crippen molar-refractivity contribution in [1.29, 1.82) is 0 Å². The Hall–Kier alpha value is -2.94. The van der Waals surface area contributed by atoms with Crippen molar-refractivity contribution < 1.29 is 29.4 Å². The lowest BCUT2D eigenvalue weighted by atomic mass is 10.0. The normalized spacial score (nSPS) is 12.5. The van der Waals surface area contributed by atoms with Gasteiger partial charge in [-0.3, -0.25) is 14.4 Å². The quantitative estimate of drug-likeness (QED) is 0.340. The number of carbonyl (C=O) groups excluding carboxylic acids is 3. The molecule has 1 aromatic rings. The van der Waals surface area contributed by atoms with Gasteiger partial charge in [0, 0.05) is 12.8 Å². The van der Waals surface area contributed by atoms with Gasteiger partial charge in [0.25, 0.3) is 0 Å². The van der Waals surface area contributed by atoms with Crippen LogP contribution in [0, 0.1) is 0 Å². The molecule has 148 valence electrons. The Bertz CT molecular complexity index is 650. The summed E-state index contributed by atoms with van der Waals surface area (Å²) in [5.74, 6) is -2.98. The number of aliphatic hydroxyl groups excluding tert-OH is 1. The Balaban J connectivity index is 2.67. The van der Waals surface area contributed by atoms with Crippen molar-refractivity contribution in [1.82, 2.24) is 16.0 Å². The van der Waals surface area contributed by atoms with Crippen molar-refractivity contribution in [3.8, 4) is 0 Å². The topological polar surface area (TPSA) is 145 Å². The highest BCUT2D eigenvalue weighted by Gasteiger charge is 2.23. The number of rotatable bonds is 11. The first-order chi connectivity index (χ1) is 12.9. The van der Waals surface area contributed by atoms with Crippen LogP contribution in [0.4, 0.5) is 0 Å². The van der Waals surface area contributed by atoms with Gasteiger partial charge in [-0.1, -0.05) is 37.3 Å². The Morgan fingerprint density at radius 1 is 1.00 bits per heavy atom. The predicted molar refractivity (Wildman–Crippen MR) is 96.6 cm³/mol. The molecule has 0 saturated heterocycles. The summed E-state index contributed by atoms with van der Waals surface area (Å²) in [4.78, 5) is 46.8. The first-order valence-corrected chi connectivity index (χ1v) is 8.61. The van der Waals surface area contributed by atoms with Crippen molar-refractivity contribution in [3.05, 3.63) is 35.9 Å². The maximum atomic E-state index is 12.4. The molecule has 0 heterocycles. The van der Waals surface area contributed by atoms with Gasteiger partial charge in [0.15, 0.2) is 0 Å². The summed E-state index contributed by atoms with van der Waals surface area (Å²) in [6.07, 6.45) is 1.15. The third kappa shape index (κ3) is 8.32. The molecule has 2 atom stereocenters. The van der Waals surface area contributed by atoms with E-state index in [1.165, 1.54) is 0 Å². The predicted octanol–water partition coefficient (Wildman–Crippen LogP) is -0.808. The average molecular weight is 379 g/mol. The molecule has 0 unspecified atom stereocenters. The molecule has 0 bridgehead atoms. The molecule has 9 heteroatoms. The van der Waals surface area contributed by atoms with E-state index in [0.717, 1.165) is 5.56 Å². The molecule has 0 radical (unpaired) electrons. The number of nitrogens with one attached hydrogen (secondary N) is 3. The summed E-state index contributed by atoms with van der Waals surface area (Å²) < 4.78 is 0. The molecule has 0 saturated carbocycles. The van der Waals surface area contributed by atoms with E-state index < -0.39 is 43.0 Å². The second-order valence-corrected chi connectivity index (χ2v) is 5.92. The van der Waals surface area contributed by atoms with Crippen LogP contribution in [0.5, 0.6) is 0 Å². The van der Waals surface area contributed by atoms with Gasteiger partial charge in [0.05, 0.1) is 13.2 Å². The van der Waals surface area contributed by atoms with Gasteiger partial charge >= 0.3 is 5.97 Å². The largest absolute Gasteiger partial charge is 0.480 e. The van der Waals surface area contributed by atoms with Gasteiger partial charge in [0.1, 0.15) is 12.1 Å². The molecule has 0 fully saturated rings. The fourth-order valence-corrected chi connectivity index (χ4v) is 2.27. The lowest BCUT2D eigenvalue weighted by molar-refractivity contribution is -0.142. The molecule has 27 heavy (non-hydrogen) atoms. The van der Waals surface area contributed by atoms with E-state index in [1.54, 1.807) is 0 Å². The zero-order valence-corrected chi connectivity index (χ0v) is 15.1. The first kappa shape index (κ1) is 22.1. The standard InChI is InChI=1S/C18H25N3O6/c1-2-6-15(23)20-13(9-12-7-4-3-5-8-12)17(25)19-10-16(24)21-14(11-22)18(26)27/h3-5,7-8,13-14,22H,2,6,9-11H2,1H3,(H,19,25)(H,20,23)(H,21,24)(H,26,27)/t13-,14-/m0/s1. The number of carboxylic acid groups (broad SMARTS) is 1. The average Bonchev–Trinajstić information content (AvgIpc) is 2.64. The number of aliphatic carboxylic acids is 1. The molecular formula is C18H25N3O6. The molecule has 0 aliphatic heterocycles. The highest BCUT2D eigenvalue weighted by Crippen LogP contribution is 2.04. The summed E-state index contributed by atoms with van der Waals surface area (Å²) in [6.45, 7) is 0.604. The zero-order valence-electron chi connectivity index (χ0n) is 15.1. The Morgan fingerprint density at radius 3 is 2.19 bits per heavy atom. The van der Waals surface area contributed by atoms with Gasteiger partial charge in [-0.2, -0.15) is 0 Å². The molecule has 1 rings (SSSR count). The van der Waals surface area contributed by atoms with Crippen molar-refractivity contribution >= 4 is 23.7 Å². The van der Waals surface area contributed by atoms with Gasteiger partial charge in [0.2, 0.25) is 17.7 Å². The number of benzene rings is 1. The Kier molecular flexibility index (Phi) is 9.52.